The van der Waals surface area contributed by atoms with Crippen LogP contribution in [0.1, 0.15) is 24.0 Å². The van der Waals surface area contributed by atoms with Gasteiger partial charge < -0.3 is 4.74 Å². The van der Waals surface area contributed by atoms with E-state index >= 15 is 0 Å². The Balaban J connectivity index is 1.48. The molecule has 0 bridgehead atoms. The van der Waals surface area contributed by atoms with Gasteiger partial charge in [-0.1, -0.05) is 24.3 Å². The second kappa shape index (κ2) is 8.16. The maximum Gasteiger partial charge on any atom is 0.243 e. The monoisotopic (exact) mass is 436 g/mol. The van der Waals surface area contributed by atoms with Crippen molar-refractivity contribution in [3.05, 3.63) is 59.7 Å². The highest BCUT2D eigenvalue weighted by molar-refractivity contribution is 7.89. The summed E-state index contributed by atoms with van der Waals surface area (Å²) in [5.74, 6) is 0. The second-order valence-corrected chi connectivity index (χ2v) is 11.0. The lowest BCUT2D eigenvalue weighted by Gasteiger charge is -2.28. The van der Waals surface area contributed by atoms with E-state index in [1.807, 2.05) is 24.3 Å². The molecule has 156 valence electrons. The summed E-state index contributed by atoms with van der Waals surface area (Å²) in [5.41, 5.74) is 2.16. The summed E-state index contributed by atoms with van der Waals surface area (Å²) in [4.78, 5) is 0.133. The Hall–Kier alpha value is -1.78. The average Bonchev–Trinajstić information content (AvgIpc) is 3.26. The first kappa shape index (κ1) is 20.5. The lowest BCUT2D eigenvalue weighted by molar-refractivity contribution is 0.114. The van der Waals surface area contributed by atoms with E-state index < -0.39 is 20.0 Å². The first-order valence-corrected chi connectivity index (χ1v) is 12.6. The number of sulfonamides is 2. The molecule has 1 saturated heterocycles. The van der Waals surface area contributed by atoms with Gasteiger partial charge in [0.25, 0.3) is 0 Å². The van der Waals surface area contributed by atoms with Gasteiger partial charge in [-0.25, -0.2) is 21.6 Å². The molecule has 0 spiro atoms. The number of rotatable bonds is 6. The van der Waals surface area contributed by atoms with Crippen molar-refractivity contribution in [3.8, 4) is 0 Å². The smallest absolute Gasteiger partial charge is 0.243 e. The molecule has 0 radical (unpaired) electrons. The Morgan fingerprint density at radius 2 is 1.66 bits per heavy atom. The fourth-order valence-electron chi connectivity index (χ4n) is 3.71. The summed E-state index contributed by atoms with van der Waals surface area (Å²) >= 11 is 0. The predicted molar refractivity (Wildman–Crippen MR) is 108 cm³/mol. The molecule has 2 aromatic carbocycles. The third-order valence-electron chi connectivity index (χ3n) is 5.39. The van der Waals surface area contributed by atoms with E-state index in [-0.39, 0.29) is 22.4 Å². The topological polar surface area (TPSA) is 92.8 Å². The van der Waals surface area contributed by atoms with E-state index in [2.05, 4.69) is 4.72 Å². The Morgan fingerprint density at radius 1 is 0.966 bits per heavy atom. The van der Waals surface area contributed by atoms with Gasteiger partial charge in [-0.15, -0.1) is 0 Å². The van der Waals surface area contributed by atoms with Gasteiger partial charge in [0.1, 0.15) is 0 Å². The summed E-state index contributed by atoms with van der Waals surface area (Å²) in [6.45, 7) is 1.60. The molecule has 2 aliphatic rings. The number of fused-ring (bicyclic) bond motifs is 1. The van der Waals surface area contributed by atoms with Crippen molar-refractivity contribution in [3.63, 3.8) is 0 Å². The quantitative estimate of drug-likeness (QED) is 0.747. The van der Waals surface area contributed by atoms with Crippen LogP contribution in [-0.4, -0.2) is 46.9 Å². The van der Waals surface area contributed by atoms with Gasteiger partial charge in [-0.3, -0.25) is 0 Å². The van der Waals surface area contributed by atoms with Crippen molar-refractivity contribution in [2.24, 2.45) is 0 Å². The van der Waals surface area contributed by atoms with Gasteiger partial charge in [-0.2, -0.15) is 4.31 Å². The van der Waals surface area contributed by atoms with Crippen molar-refractivity contribution < 1.29 is 21.6 Å². The molecule has 1 atom stereocenters. The maximum absolute atomic E-state index is 13.0. The zero-order valence-corrected chi connectivity index (χ0v) is 17.6. The Bertz CT molecular complexity index is 1080. The molecule has 2 heterocycles. The SMILES string of the molecule is O=S(=O)(NCC1CCCO1)c1ccc(S(=O)(=O)N2CCc3ccccc3C2)cc1. The Kier molecular flexibility index (Phi) is 5.76. The molecule has 2 aromatic rings. The van der Waals surface area contributed by atoms with Gasteiger partial charge in [0.2, 0.25) is 20.0 Å². The molecule has 2 aliphatic heterocycles. The molecular formula is C20H24N2O5S2. The zero-order valence-electron chi connectivity index (χ0n) is 16.0. The number of nitrogens with one attached hydrogen (secondary N) is 1. The molecular weight excluding hydrogens is 412 g/mol. The highest BCUT2D eigenvalue weighted by atomic mass is 32.2. The van der Waals surface area contributed by atoms with Crippen molar-refractivity contribution in [1.29, 1.82) is 0 Å². The number of ether oxygens (including phenoxy) is 1. The minimum atomic E-state index is -3.71. The van der Waals surface area contributed by atoms with Crippen LogP contribution in [-0.2, 0) is 37.7 Å². The molecule has 0 aliphatic carbocycles. The highest BCUT2D eigenvalue weighted by Crippen LogP contribution is 2.25. The summed E-state index contributed by atoms with van der Waals surface area (Å²) < 4.78 is 60.3. The predicted octanol–water partition coefficient (Wildman–Crippen LogP) is 1.89. The third kappa shape index (κ3) is 4.39. The first-order chi connectivity index (χ1) is 13.9. The Morgan fingerprint density at radius 3 is 2.34 bits per heavy atom. The number of benzene rings is 2. The molecule has 7 nitrogen and oxygen atoms in total. The largest absolute Gasteiger partial charge is 0.377 e. The first-order valence-electron chi connectivity index (χ1n) is 9.64. The lowest BCUT2D eigenvalue weighted by Crippen LogP contribution is -2.36. The Labute approximate surface area is 171 Å². The lowest BCUT2D eigenvalue weighted by atomic mass is 10.0. The van der Waals surface area contributed by atoms with E-state index in [1.54, 1.807) is 0 Å². The van der Waals surface area contributed by atoms with Gasteiger partial charge in [0.15, 0.2) is 0 Å². The molecule has 0 amide bonds. The van der Waals surface area contributed by atoms with Crippen LogP contribution in [0.25, 0.3) is 0 Å². The van der Waals surface area contributed by atoms with Gasteiger partial charge in [0.05, 0.1) is 15.9 Å². The van der Waals surface area contributed by atoms with Gasteiger partial charge in [0, 0.05) is 26.2 Å². The normalized spacial score (nSPS) is 20.5. The minimum absolute atomic E-state index is 0.0402. The van der Waals surface area contributed by atoms with Gasteiger partial charge in [-0.05, 0) is 54.7 Å². The molecule has 0 aromatic heterocycles. The van der Waals surface area contributed by atoms with Crippen LogP contribution in [0.2, 0.25) is 0 Å². The molecule has 1 unspecified atom stereocenters. The van der Waals surface area contributed by atoms with Crippen LogP contribution in [0.4, 0.5) is 0 Å². The summed E-state index contributed by atoms with van der Waals surface area (Å²) in [7, 11) is -7.41. The second-order valence-electron chi connectivity index (χ2n) is 7.32. The van der Waals surface area contributed by atoms with Crippen LogP contribution < -0.4 is 4.72 Å². The molecule has 9 heteroatoms. The van der Waals surface area contributed by atoms with Crippen molar-refractivity contribution in [2.75, 3.05) is 19.7 Å². The molecule has 4 rings (SSSR count). The van der Waals surface area contributed by atoms with E-state index in [0.29, 0.717) is 26.1 Å². The van der Waals surface area contributed by atoms with Gasteiger partial charge >= 0.3 is 0 Å². The van der Waals surface area contributed by atoms with Crippen LogP contribution in [0, 0.1) is 0 Å². The molecule has 29 heavy (non-hydrogen) atoms. The highest BCUT2D eigenvalue weighted by Gasteiger charge is 2.28. The maximum atomic E-state index is 13.0. The van der Waals surface area contributed by atoms with Crippen LogP contribution >= 0.6 is 0 Å². The van der Waals surface area contributed by atoms with Crippen molar-refractivity contribution in [2.45, 2.75) is 41.7 Å². The number of hydrogen-bond acceptors (Lipinski definition) is 5. The standard InChI is InChI=1S/C20H24N2O5S2/c23-28(24,21-14-18-6-3-13-27-18)19-7-9-20(10-8-19)29(25,26)22-12-11-16-4-1-2-5-17(16)15-22/h1-2,4-5,7-10,18,21H,3,6,11-15H2. The molecule has 1 N–H and O–H groups in total. The van der Waals surface area contributed by atoms with Crippen molar-refractivity contribution >= 4 is 20.0 Å². The summed E-state index contributed by atoms with van der Waals surface area (Å²) in [6, 6.07) is 13.2. The third-order valence-corrected chi connectivity index (χ3v) is 8.69. The van der Waals surface area contributed by atoms with E-state index in [1.165, 1.54) is 28.6 Å². The van der Waals surface area contributed by atoms with Crippen LogP contribution in [0.3, 0.4) is 0 Å². The fourth-order valence-corrected chi connectivity index (χ4v) is 6.19. The molecule has 1 fully saturated rings. The number of hydrogen-bond donors (Lipinski definition) is 1. The molecule has 0 saturated carbocycles. The average molecular weight is 437 g/mol. The summed E-state index contributed by atoms with van der Waals surface area (Å²) in [6.07, 6.45) is 2.32. The van der Waals surface area contributed by atoms with E-state index in [0.717, 1.165) is 24.0 Å². The fraction of sp³-hybridized carbons (Fsp3) is 0.400. The minimum Gasteiger partial charge on any atom is -0.377 e. The number of nitrogens with zero attached hydrogens (tertiary/aromatic N) is 1. The van der Waals surface area contributed by atoms with E-state index in [4.69, 9.17) is 4.74 Å². The summed E-state index contributed by atoms with van der Waals surface area (Å²) in [5, 5.41) is 0. The van der Waals surface area contributed by atoms with E-state index in [9.17, 15) is 16.8 Å². The van der Waals surface area contributed by atoms with Crippen LogP contribution in [0.5, 0.6) is 0 Å². The zero-order chi connectivity index (χ0) is 20.5. The van der Waals surface area contributed by atoms with Crippen LogP contribution in [0.15, 0.2) is 58.3 Å². The van der Waals surface area contributed by atoms with Crippen molar-refractivity contribution in [1.82, 2.24) is 9.03 Å².